The molecule has 0 aromatic heterocycles. The van der Waals surface area contributed by atoms with Gasteiger partial charge >= 0.3 is 0 Å². The van der Waals surface area contributed by atoms with E-state index >= 15 is 0 Å². The summed E-state index contributed by atoms with van der Waals surface area (Å²) >= 11 is 0. The molecule has 1 radical (unpaired) electrons. The van der Waals surface area contributed by atoms with Gasteiger partial charge in [-0.3, -0.25) is 0 Å². The average molecular weight is 232 g/mol. The first-order valence-corrected chi connectivity index (χ1v) is 8.28. The Morgan fingerprint density at radius 1 is 1.25 bits per heavy atom. The molecule has 1 nitrogen and oxygen atoms in total. The molecule has 0 bridgehead atoms. The summed E-state index contributed by atoms with van der Waals surface area (Å²) in [5.74, 6) is 0. The smallest absolute Gasteiger partial charge is 0.0563 e. The van der Waals surface area contributed by atoms with Crippen molar-refractivity contribution in [1.29, 1.82) is 0 Å². The molecule has 16 heavy (non-hydrogen) atoms. The van der Waals surface area contributed by atoms with Gasteiger partial charge in [0.25, 0.3) is 0 Å². The molecular weight excluding hydrogens is 210 g/mol. The van der Waals surface area contributed by atoms with Crippen molar-refractivity contribution in [2.75, 3.05) is 11.9 Å². The predicted octanol–water partition coefficient (Wildman–Crippen LogP) is 3.95. The van der Waals surface area contributed by atoms with E-state index in [0.717, 1.165) is 0 Å². The molecule has 0 aliphatic carbocycles. The van der Waals surface area contributed by atoms with E-state index in [1.54, 1.807) is 0 Å². The van der Waals surface area contributed by atoms with Crippen LogP contribution in [0.25, 0.3) is 0 Å². The van der Waals surface area contributed by atoms with Gasteiger partial charge in [0.1, 0.15) is 0 Å². The van der Waals surface area contributed by atoms with E-state index in [4.69, 9.17) is 0 Å². The van der Waals surface area contributed by atoms with Gasteiger partial charge in [-0.05, 0) is 23.1 Å². The van der Waals surface area contributed by atoms with Crippen molar-refractivity contribution in [3.63, 3.8) is 0 Å². The van der Waals surface area contributed by atoms with Gasteiger partial charge in [0, 0.05) is 12.2 Å². The minimum atomic E-state index is -0.227. The molecule has 2 heteroatoms. The summed E-state index contributed by atoms with van der Waals surface area (Å²) in [6, 6.07) is 11.6. The Hall–Kier alpha value is -0.763. The lowest BCUT2D eigenvalue weighted by molar-refractivity contribution is 0.596. The first-order valence-electron chi connectivity index (χ1n) is 6.36. The first kappa shape index (κ1) is 11.7. The molecule has 0 saturated heterocycles. The van der Waals surface area contributed by atoms with Crippen molar-refractivity contribution >= 4 is 14.5 Å². The Morgan fingerprint density at radius 2 is 1.94 bits per heavy atom. The van der Waals surface area contributed by atoms with E-state index in [1.807, 2.05) is 0 Å². The molecule has 1 aliphatic rings. The number of nitrogens with one attached hydrogen (secondary N) is 1. The molecule has 1 aromatic rings. The number of para-hydroxylation sites is 1. The highest BCUT2D eigenvalue weighted by Gasteiger charge is 2.36. The van der Waals surface area contributed by atoms with Crippen LogP contribution >= 0.6 is 0 Å². The van der Waals surface area contributed by atoms with E-state index in [-0.39, 0.29) is 8.80 Å². The monoisotopic (exact) mass is 232 g/mol. The van der Waals surface area contributed by atoms with Gasteiger partial charge in [0.15, 0.2) is 0 Å². The van der Waals surface area contributed by atoms with E-state index in [1.165, 1.54) is 36.3 Å². The van der Waals surface area contributed by atoms with Gasteiger partial charge in [0.2, 0.25) is 0 Å². The molecule has 1 heterocycles. The van der Waals surface area contributed by atoms with Crippen molar-refractivity contribution in [2.24, 2.45) is 0 Å². The Morgan fingerprint density at radius 3 is 2.62 bits per heavy atom. The standard InChI is InChI=1S/C14H22NSi/c1-4-16(5-2)14(3)10-12-8-6-7-9-13(12)15-11-14/h6-9,15H,4-5,10-11H2,1-3H3/t14-/m1/s1. The van der Waals surface area contributed by atoms with Crippen molar-refractivity contribution in [3.8, 4) is 0 Å². The highest BCUT2D eigenvalue weighted by molar-refractivity contribution is 6.62. The Bertz CT molecular complexity index is 360. The van der Waals surface area contributed by atoms with Crippen LogP contribution in [0.2, 0.25) is 17.1 Å². The number of hydrogen-bond acceptors (Lipinski definition) is 1. The third-order valence-electron chi connectivity index (χ3n) is 3.97. The largest absolute Gasteiger partial charge is 0.385 e. The maximum Gasteiger partial charge on any atom is 0.0563 e. The summed E-state index contributed by atoms with van der Waals surface area (Å²) in [5.41, 5.74) is 2.87. The van der Waals surface area contributed by atoms with Gasteiger partial charge in [0.05, 0.1) is 8.80 Å². The zero-order chi connectivity index (χ0) is 11.6. The van der Waals surface area contributed by atoms with E-state index < -0.39 is 0 Å². The Balaban J connectivity index is 2.23. The Kier molecular flexibility index (Phi) is 3.38. The molecule has 1 aliphatic heterocycles. The number of anilines is 1. The highest BCUT2D eigenvalue weighted by Crippen LogP contribution is 2.42. The zero-order valence-corrected chi connectivity index (χ0v) is 11.6. The number of hydrogen-bond donors (Lipinski definition) is 1. The second kappa shape index (κ2) is 4.62. The Labute approximate surface area is 101 Å². The van der Waals surface area contributed by atoms with Gasteiger partial charge in [-0.25, -0.2) is 0 Å². The van der Waals surface area contributed by atoms with E-state index in [9.17, 15) is 0 Å². The third-order valence-corrected chi connectivity index (χ3v) is 7.74. The summed E-state index contributed by atoms with van der Waals surface area (Å²) in [5, 5.41) is 4.16. The summed E-state index contributed by atoms with van der Waals surface area (Å²) in [4.78, 5) is 0. The van der Waals surface area contributed by atoms with Gasteiger partial charge in [-0.2, -0.15) is 0 Å². The molecule has 1 aromatic carbocycles. The molecule has 1 atom stereocenters. The van der Waals surface area contributed by atoms with Crippen LogP contribution in [-0.4, -0.2) is 15.3 Å². The predicted molar refractivity (Wildman–Crippen MR) is 73.7 cm³/mol. The molecule has 0 spiro atoms. The molecule has 87 valence electrons. The number of rotatable bonds is 3. The second-order valence-electron chi connectivity index (χ2n) is 5.06. The highest BCUT2D eigenvalue weighted by atomic mass is 28.3. The minimum Gasteiger partial charge on any atom is -0.385 e. The lowest BCUT2D eigenvalue weighted by atomic mass is 9.94. The zero-order valence-electron chi connectivity index (χ0n) is 10.6. The normalized spacial score (nSPS) is 24.0. The minimum absolute atomic E-state index is 0.227. The molecule has 0 fully saturated rings. The summed E-state index contributed by atoms with van der Waals surface area (Å²) in [6.45, 7) is 8.38. The van der Waals surface area contributed by atoms with Crippen LogP contribution in [0.1, 0.15) is 26.3 Å². The van der Waals surface area contributed by atoms with Crippen molar-refractivity contribution < 1.29 is 0 Å². The van der Waals surface area contributed by atoms with Crippen LogP contribution in [0.3, 0.4) is 0 Å². The van der Waals surface area contributed by atoms with Crippen LogP contribution < -0.4 is 5.32 Å². The molecule has 1 N–H and O–H groups in total. The van der Waals surface area contributed by atoms with Gasteiger partial charge in [-0.1, -0.05) is 51.1 Å². The molecular formula is C14H22NSi. The topological polar surface area (TPSA) is 12.0 Å². The fourth-order valence-corrected chi connectivity index (χ4v) is 5.96. The van der Waals surface area contributed by atoms with Crippen LogP contribution in [0.4, 0.5) is 5.69 Å². The maximum atomic E-state index is 3.63. The van der Waals surface area contributed by atoms with Crippen molar-refractivity contribution in [3.05, 3.63) is 29.8 Å². The van der Waals surface area contributed by atoms with Gasteiger partial charge in [-0.15, -0.1) is 0 Å². The lowest BCUT2D eigenvalue weighted by Crippen LogP contribution is -2.39. The van der Waals surface area contributed by atoms with E-state index in [0.29, 0.717) is 5.04 Å². The van der Waals surface area contributed by atoms with Crippen molar-refractivity contribution in [2.45, 2.75) is 44.3 Å². The first-order chi connectivity index (χ1) is 7.69. The third kappa shape index (κ3) is 2.03. The molecule has 0 saturated carbocycles. The van der Waals surface area contributed by atoms with Crippen LogP contribution in [0.15, 0.2) is 24.3 Å². The molecule has 0 unspecified atom stereocenters. The summed E-state index contributed by atoms with van der Waals surface area (Å²) in [7, 11) is -0.227. The van der Waals surface area contributed by atoms with Crippen LogP contribution in [0.5, 0.6) is 0 Å². The molecule has 0 amide bonds. The van der Waals surface area contributed by atoms with Crippen LogP contribution in [0, 0.1) is 0 Å². The average Bonchev–Trinajstić information content (AvgIpc) is 2.30. The van der Waals surface area contributed by atoms with E-state index in [2.05, 4.69) is 50.4 Å². The maximum absolute atomic E-state index is 3.63. The summed E-state index contributed by atoms with van der Waals surface area (Å²) < 4.78 is 0. The lowest BCUT2D eigenvalue weighted by Gasteiger charge is -2.40. The quantitative estimate of drug-likeness (QED) is 0.778. The van der Waals surface area contributed by atoms with Crippen molar-refractivity contribution in [1.82, 2.24) is 0 Å². The van der Waals surface area contributed by atoms with Crippen LogP contribution in [-0.2, 0) is 6.42 Å². The second-order valence-corrected chi connectivity index (χ2v) is 8.89. The fourth-order valence-electron chi connectivity index (χ4n) is 2.97. The fraction of sp³-hybridized carbons (Fsp3) is 0.571. The molecule has 2 rings (SSSR count). The SMILES string of the molecule is CC[Si](CC)[C@@]1(C)CNc2ccccc2C1. The number of fused-ring (bicyclic) bond motifs is 1. The number of benzene rings is 1. The van der Waals surface area contributed by atoms with Gasteiger partial charge < -0.3 is 5.32 Å². The summed E-state index contributed by atoms with van der Waals surface area (Å²) in [6.07, 6.45) is 1.27.